The molecule has 0 atom stereocenters. The molecule has 486 valence electrons. The van der Waals surface area contributed by atoms with Crippen molar-refractivity contribution in [2.45, 2.75) is 19.4 Å². The lowest BCUT2D eigenvalue weighted by Crippen LogP contribution is -2.28. The SMILES string of the molecule is COc1cc(I)c2cc(I)cc(C)c2c1-c1c(OC)cc(I)c2cc(I)cc(OS(=O)(=O)C(F)(F)F)c12.COc1cc(I)c2cc(I)ccc2c1-c1c(OC)cc(I)c2cc(I)cc(C)c12.COc1cc(I)c2cc(I)ccc2c1-c1c(OC)cc(I)c2cc(I)ccc12. The second-order valence-corrected chi connectivity index (χ2v) is 36.8. The number of hydrogen-bond donors (Lipinski definition) is 0. The van der Waals surface area contributed by atoms with E-state index >= 15 is 0 Å². The zero-order chi connectivity index (χ0) is 68.3. The summed E-state index contributed by atoms with van der Waals surface area (Å²) >= 11 is 27.4. The highest BCUT2D eigenvalue weighted by molar-refractivity contribution is 14.1. The lowest BCUT2D eigenvalue weighted by Gasteiger charge is -2.22. The summed E-state index contributed by atoms with van der Waals surface area (Å²) in [4.78, 5) is 0. The average Bonchev–Trinajstić information content (AvgIpc) is 0.744. The molecule has 0 aromatic heterocycles. The Hall–Kier alpha value is -0.700. The Labute approximate surface area is 704 Å². The van der Waals surface area contributed by atoms with Crippen LogP contribution in [0.3, 0.4) is 0 Å². The number of halogens is 15. The largest absolute Gasteiger partial charge is 0.534 e. The predicted molar refractivity (Wildman–Crippen MR) is 478 cm³/mol. The fourth-order valence-corrected chi connectivity index (χ4v) is 19.8. The van der Waals surface area contributed by atoms with Gasteiger partial charge in [-0.1, -0.05) is 18.2 Å². The van der Waals surface area contributed by atoms with Crippen LogP contribution >= 0.6 is 271 Å². The van der Waals surface area contributed by atoms with Gasteiger partial charge in [0, 0.05) is 87.0 Å². The maximum absolute atomic E-state index is 13.4. The molecule has 0 radical (unpaired) electrons. The van der Waals surface area contributed by atoms with Crippen LogP contribution in [-0.4, -0.2) is 56.6 Å². The van der Waals surface area contributed by atoms with Crippen LogP contribution in [0.15, 0.2) is 127 Å². The average molecular weight is 2630 g/mol. The topological polar surface area (TPSA) is 98.8 Å². The van der Waals surface area contributed by atoms with Crippen LogP contribution in [0.5, 0.6) is 40.2 Å². The van der Waals surface area contributed by atoms with Crippen LogP contribution in [0.1, 0.15) is 11.1 Å². The van der Waals surface area contributed by atoms with Crippen LogP contribution in [-0.2, 0) is 10.1 Å². The molecule has 0 spiro atoms. The molecule has 0 aliphatic rings. The van der Waals surface area contributed by atoms with Crippen LogP contribution in [0.4, 0.5) is 13.2 Å². The monoisotopic (exact) mass is 2630 g/mol. The summed E-state index contributed by atoms with van der Waals surface area (Å²) in [5, 5.41) is 12.0. The summed E-state index contributed by atoms with van der Waals surface area (Å²) in [5.41, 5.74) is 1.79. The fraction of sp³-hybridized carbons (Fsp3) is 0.130. The van der Waals surface area contributed by atoms with Gasteiger partial charge in [-0.2, -0.15) is 21.6 Å². The van der Waals surface area contributed by atoms with E-state index in [2.05, 4.69) is 324 Å². The Morgan fingerprint density at radius 1 is 0.287 bits per heavy atom. The van der Waals surface area contributed by atoms with E-state index in [1.54, 1.807) is 40.6 Å². The molecule has 94 heavy (non-hydrogen) atoms. The maximum atomic E-state index is 13.4. The van der Waals surface area contributed by atoms with Crippen molar-refractivity contribution < 1.29 is 54.2 Å². The quantitative estimate of drug-likeness (QED) is 0.0712. The van der Waals surface area contributed by atoms with E-state index < -0.39 is 21.4 Å². The van der Waals surface area contributed by atoms with Crippen molar-refractivity contribution in [3.8, 4) is 73.6 Å². The van der Waals surface area contributed by atoms with Gasteiger partial charge in [0.05, 0.1) is 42.7 Å². The van der Waals surface area contributed by atoms with Crippen molar-refractivity contribution in [1.29, 1.82) is 0 Å². The number of methoxy groups -OCH3 is 6. The van der Waals surface area contributed by atoms with Crippen LogP contribution in [0.2, 0.25) is 0 Å². The molecule has 0 aliphatic heterocycles. The number of benzene rings is 12. The zero-order valence-electron chi connectivity index (χ0n) is 49.9. The fourth-order valence-electron chi connectivity index (χ4n) is 11.4. The molecule has 12 rings (SSSR count). The first-order valence-electron chi connectivity index (χ1n) is 27.3. The minimum absolute atomic E-state index is 0.163. The molecule has 0 saturated heterocycles. The molecule has 12 aromatic carbocycles. The standard InChI is InChI=1S/C24H15F3I4O5S.C23H16I4O2.C22H14I4O2/c1-10-4-11(28)5-13-15(30)8-17(34-2)22(20(10)13)23-18(35-3)9-16(31)14-6-12(29)7-19(21(14)23)36-37(32,33)24(25,26)27;1-11-6-13(25)8-16-18(27)10-20(29-3)23(21(11)16)22-14-5-4-12(24)7-15(14)17(26)9-19(22)28-2;1-27-19-9-17(25)15-7-11(23)3-5-13(15)21(19)22-14-6-4-12(24)8-16(14)18(26)10-20(22)28-2/h4-9H,1-3H3;4-10H,1-3H3;3-10H,1-2H3. The zero-order valence-corrected chi connectivity index (χ0v) is 76.6. The molecule has 0 unspecified atom stereocenters. The molecule has 0 fully saturated rings. The van der Waals surface area contributed by atoms with Crippen molar-refractivity contribution in [2.24, 2.45) is 0 Å². The molecular weight excluding hydrogens is 2580 g/mol. The molecule has 0 aliphatic carbocycles. The molecule has 25 heteroatoms. The van der Waals surface area contributed by atoms with Gasteiger partial charge in [0.25, 0.3) is 0 Å². The summed E-state index contributed by atoms with van der Waals surface area (Å²) < 4.78 is 117. The van der Waals surface area contributed by atoms with Crippen molar-refractivity contribution in [3.63, 3.8) is 0 Å². The number of hydrogen-bond acceptors (Lipinski definition) is 9. The Morgan fingerprint density at radius 3 is 0.840 bits per heavy atom. The van der Waals surface area contributed by atoms with Crippen LogP contribution < -0.4 is 32.6 Å². The molecule has 0 saturated carbocycles. The summed E-state index contributed by atoms with van der Waals surface area (Å²) in [6.07, 6.45) is 0. The number of alkyl halides is 3. The summed E-state index contributed by atoms with van der Waals surface area (Å²) in [6, 6.07) is 43.3. The lowest BCUT2D eigenvalue weighted by atomic mass is 9.90. The van der Waals surface area contributed by atoms with E-state index in [1.807, 2.05) is 70.3 Å². The van der Waals surface area contributed by atoms with Crippen molar-refractivity contribution in [3.05, 3.63) is 181 Å². The highest BCUT2D eigenvalue weighted by atomic mass is 127. The third kappa shape index (κ3) is 15.3. The van der Waals surface area contributed by atoms with E-state index in [0.717, 1.165) is 68.7 Å². The van der Waals surface area contributed by atoms with Gasteiger partial charge in [0.15, 0.2) is 5.75 Å². The normalized spacial score (nSPS) is 11.6. The highest BCUT2D eigenvalue weighted by Gasteiger charge is 2.49. The Balaban J connectivity index is 0.000000156. The van der Waals surface area contributed by atoms with E-state index in [0.29, 0.717) is 35.2 Å². The highest BCUT2D eigenvalue weighted by Crippen LogP contribution is 2.54. The van der Waals surface area contributed by atoms with E-state index in [1.165, 1.54) is 97.5 Å². The lowest BCUT2D eigenvalue weighted by molar-refractivity contribution is -0.0499. The first-order valence-corrected chi connectivity index (χ1v) is 41.7. The van der Waals surface area contributed by atoms with Gasteiger partial charge >= 0.3 is 15.6 Å². The van der Waals surface area contributed by atoms with Gasteiger partial charge < -0.3 is 32.6 Å². The second-order valence-electron chi connectivity index (χ2n) is 20.8. The van der Waals surface area contributed by atoms with Crippen molar-refractivity contribution in [2.75, 3.05) is 42.7 Å². The van der Waals surface area contributed by atoms with Crippen molar-refractivity contribution in [1.82, 2.24) is 0 Å². The molecule has 9 nitrogen and oxygen atoms in total. The Morgan fingerprint density at radius 2 is 0.532 bits per heavy atom. The Kier molecular flexibility index (Phi) is 25.4. The maximum Gasteiger partial charge on any atom is 0.534 e. The first-order chi connectivity index (χ1) is 44.5. The van der Waals surface area contributed by atoms with E-state index in [-0.39, 0.29) is 5.39 Å². The predicted octanol–water partition coefficient (Wildman–Crippen LogP) is 25.1. The van der Waals surface area contributed by atoms with Gasteiger partial charge in [-0.15, -0.1) is 0 Å². The third-order valence-electron chi connectivity index (χ3n) is 15.3. The summed E-state index contributed by atoms with van der Waals surface area (Å²) in [6.45, 7) is 4.10. The number of aryl methyl sites for hydroxylation is 2. The molecule has 12 aromatic rings. The van der Waals surface area contributed by atoms with Gasteiger partial charge in [0.1, 0.15) is 34.5 Å². The minimum atomic E-state index is -5.95. The number of ether oxygens (including phenoxy) is 6. The van der Waals surface area contributed by atoms with E-state index in [9.17, 15) is 21.6 Å². The van der Waals surface area contributed by atoms with Crippen LogP contribution in [0, 0.1) is 56.7 Å². The first kappa shape index (κ1) is 76.0. The molecule has 0 amide bonds. The second kappa shape index (κ2) is 31.5. The molecular formula is C69H45F3I12O9S. The molecule has 0 heterocycles. The van der Waals surface area contributed by atoms with Gasteiger partial charge in [-0.05, 0) is 459 Å². The minimum Gasteiger partial charge on any atom is -0.496 e. The van der Waals surface area contributed by atoms with Gasteiger partial charge in [-0.25, -0.2) is 0 Å². The van der Waals surface area contributed by atoms with Gasteiger partial charge in [0.2, 0.25) is 0 Å². The summed E-state index contributed by atoms with van der Waals surface area (Å²) in [5.74, 6) is 3.77. The molecule has 0 N–H and O–H groups in total. The van der Waals surface area contributed by atoms with E-state index in [4.69, 9.17) is 32.6 Å². The van der Waals surface area contributed by atoms with Gasteiger partial charge in [-0.3, -0.25) is 0 Å². The number of rotatable bonds is 11. The smallest absolute Gasteiger partial charge is 0.496 e. The number of fused-ring (bicyclic) bond motifs is 6. The third-order valence-corrected chi connectivity index (χ3v) is 25.5. The Bertz CT molecular complexity index is 5130. The molecule has 0 bridgehead atoms. The van der Waals surface area contributed by atoms with Crippen molar-refractivity contribution >= 4 is 346 Å². The summed E-state index contributed by atoms with van der Waals surface area (Å²) in [7, 11) is 3.94. The van der Waals surface area contributed by atoms with Crippen LogP contribution in [0.25, 0.3) is 98.0 Å².